The molecule has 0 aromatic rings. The summed E-state index contributed by atoms with van der Waals surface area (Å²) in [4.78, 5) is 0. The first kappa shape index (κ1) is 1.65. The van der Waals surface area contributed by atoms with Crippen LogP contribution in [0.5, 0.6) is 0 Å². The second kappa shape index (κ2) is 5.33. The van der Waals surface area contributed by atoms with Crippen molar-refractivity contribution < 1.29 is 21.2 Å². The number of alkyl halides is 2. The van der Waals surface area contributed by atoms with E-state index in [2.05, 4.69) is 4.74 Å². The van der Waals surface area contributed by atoms with Crippen molar-refractivity contribution in [2.45, 2.75) is 25.9 Å². The summed E-state index contributed by atoms with van der Waals surface area (Å²) in [6, 6.07) is 0. The largest absolute Gasteiger partial charge is 0.373 e. The van der Waals surface area contributed by atoms with E-state index in [-0.39, 0.29) is 0 Å². The summed E-state index contributed by atoms with van der Waals surface area (Å²) in [5, 5.41) is 0. The average Bonchev–Trinajstić information content (AvgIpc) is 2.09. The van der Waals surface area contributed by atoms with Gasteiger partial charge in [-0.3, -0.25) is 0 Å². The fourth-order valence-corrected chi connectivity index (χ4v) is 0.218. The SMILES string of the molecule is [2H]C([2H])([2H])C([2H])(OC([2H])(C([2H])([2H])[2H])C([2H])([2H])Cl)C([2H])([2H])Cl. The Labute approximate surface area is 83.1 Å². The molecule has 0 N–H and O–H groups in total. The highest BCUT2D eigenvalue weighted by atomic mass is 35.5. The molecule has 1 nitrogen and oxygen atoms in total. The van der Waals surface area contributed by atoms with Gasteiger partial charge in [-0.05, 0) is 13.7 Å². The van der Waals surface area contributed by atoms with Crippen LogP contribution in [-0.2, 0) is 4.74 Å². The number of ether oxygens (including phenoxy) is 1. The number of hydrogen-bond acceptors (Lipinski definition) is 1. The molecule has 2 unspecified atom stereocenters. The molecule has 0 bridgehead atoms. The van der Waals surface area contributed by atoms with Crippen LogP contribution in [0, 0.1) is 0 Å². The topological polar surface area (TPSA) is 9.23 Å². The highest BCUT2D eigenvalue weighted by Crippen LogP contribution is 2.00. The summed E-state index contributed by atoms with van der Waals surface area (Å²) in [5.74, 6) is -6.92. The van der Waals surface area contributed by atoms with E-state index in [1.54, 1.807) is 0 Å². The smallest absolute Gasteiger partial charge is 0.0686 e. The van der Waals surface area contributed by atoms with Crippen LogP contribution in [0.25, 0.3) is 0 Å². The van der Waals surface area contributed by atoms with Crippen LogP contribution < -0.4 is 0 Å². The Balaban J connectivity index is 6.15. The third-order valence-corrected chi connectivity index (χ3v) is 0.719. The lowest BCUT2D eigenvalue weighted by molar-refractivity contribution is 0.0339. The summed E-state index contributed by atoms with van der Waals surface area (Å²) in [7, 11) is 0. The number of halogens is 2. The van der Waals surface area contributed by atoms with Gasteiger partial charge >= 0.3 is 0 Å². The molecule has 3 heteroatoms. The minimum Gasteiger partial charge on any atom is -0.373 e. The molecule has 0 fully saturated rings. The molecule has 0 aliphatic carbocycles. The Morgan fingerprint density at radius 2 is 2.00 bits per heavy atom. The molecule has 0 radical (unpaired) electrons. The molecule has 0 heterocycles. The molecule has 9 heavy (non-hydrogen) atoms. The van der Waals surface area contributed by atoms with E-state index in [0.717, 1.165) is 0 Å². The van der Waals surface area contributed by atoms with E-state index < -0.39 is 37.5 Å². The lowest BCUT2D eigenvalue weighted by atomic mass is 10.4. The molecule has 0 spiro atoms. The van der Waals surface area contributed by atoms with Crippen LogP contribution in [0.4, 0.5) is 0 Å². The predicted octanol–water partition coefficient (Wildman–Crippen LogP) is 2.26. The van der Waals surface area contributed by atoms with Crippen molar-refractivity contribution in [1.82, 2.24) is 0 Å². The van der Waals surface area contributed by atoms with Crippen molar-refractivity contribution in [1.29, 1.82) is 0 Å². The molecule has 0 aliphatic heterocycles. The van der Waals surface area contributed by atoms with Gasteiger partial charge in [-0.15, -0.1) is 23.2 Å². The third-order valence-electron chi connectivity index (χ3n) is 0.376. The van der Waals surface area contributed by atoms with Crippen molar-refractivity contribution in [2.75, 3.05) is 11.7 Å². The maximum atomic E-state index is 7.55. The second-order valence-corrected chi connectivity index (χ2v) is 1.33. The molecule has 56 valence electrons. The first-order valence-corrected chi connectivity index (χ1v) is 2.54. The fraction of sp³-hybridized carbons (Fsp3) is 1.00. The van der Waals surface area contributed by atoms with Gasteiger partial charge in [0.25, 0.3) is 0 Å². The summed E-state index contributed by atoms with van der Waals surface area (Å²) in [6.45, 7) is -7.25. The van der Waals surface area contributed by atoms with E-state index in [0.29, 0.717) is 0 Å². The lowest BCUT2D eigenvalue weighted by Crippen LogP contribution is -2.19. The molecule has 0 rings (SSSR count). The highest BCUT2D eigenvalue weighted by Gasteiger charge is 2.04. The monoisotopic (exact) mass is 182 g/mol. The van der Waals surface area contributed by atoms with E-state index in [1.807, 2.05) is 0 Å². The lowest BCUT2D eigenvalue weighted by Gasteiger charge is -2.13. The van der Waals surface area contributed by atoms with Gasteiger partial charge in [0.05, 0.1) is 14.9 Å². The maximum absolute atomic E-state index is 7.55. The summed E-state index contributed by atoms with van der Waals surface area (Å²) < 4.78 is 90.6. The molecular weight excluding hydrogens is 159 g/mol. The third kappa shape index (κ3) is 5.01. The van der Waals surface area contributed by atoms with Crippen molar-refractivity contribution in [2.24, 2.45) is 0 Å². The summed E-state index contributed by atoms with van der Waals surface area (Å²) >= 11 is 10.3. The van der Waals surface area contributed by atoms with Gasteiger partial charge in [-0.2, -0.15) is 0 Å². The summed E-state index contributed by atoms with van der Waals surface area (Å²) in [6.07, 6.45) is -7.50. The Kier molecular flexibility index (Phi) is 0.978. The molecule has 0 amide bonds. The van der Waals surface area contributed by atoms with Gasteiger partial charge in [-0.1, -0.05) is 0 Å². The van der Waals surface area contributed by atoms with Gasteiger partial charge < -0.3 is 4.74 Å². The predicted molar refractivity (Wildman–Crippen MR) is 41.4 cm³/mol. The molecule has 0 saturated heterocycles. The van der Waals surface area contributed by atoms with Crippen LogP contribution in [0.15, 0.2) is 0 Å². The summed E-state index contributed by atoms with van der Waals surface area (Å²) in [5.41, 5.74) is 0. The number of hydrogen-bond donors (Lipinski definition) is 0. The maximum Gasteiger partial charge on any atom is 0.0686 e. The highest BCUT2D eigenvalue weighted by molar-refractivity contribution is 6.18. The van der Waals surface area contributed by atoms with Crippen LogP contribution in [-0.4, -0.2) is 23.8 Å². The Morgan fingerprint density at radius 3 is 2.22 bits per heavy atom. The van der Waals surface area contributed by atoms with Crippen molar-refractivity contribution in [3.63, 3.8) is 0 Å². The van der Waals surface area contributed by atoms with Crippen LogP contribution >= 0.6 is 23.2 Å². The van der Waals surface area contributed by atoms with E-state index >= 15 is 0 Å². The van der Waals surface area contributed by atoms with Crippen LogP contribution in [0.1, 0.15) is 30.2 Å². The fourth-order valence-electron chi connectivity index (χ4n) is 0.141. The quantitative estimate of drug-likeness (QED) is 0.607. The second-order valence-electron chi connectivity index (χ2n) is 0.949. The van der Waals surface area contributed by atoms with Gasteiger partial charge in [-0.25, -0.2) is 0 Å². The standard InChI is InChI=1S/C6H12Cl2O/c1-5(3-7)9-6(2)4-8/h5-6H,3-4H2,1-2H3/i1D3,2D3,3D2,4D2,5D,6D. The molecule has 0 aromatic heterocycles. The normalized spacial score (nSPS) is 50.0. The van der Waals surface area contributed by atoms with Crippen molar-refractivity contribution in [3.05, 3.63) is 0 Å². The zero-order valence-electron chi connectivity index (χ0n) is 16.2. The van der Waals surface area contributed by atoms with Gasteiger partial charge in [0.15, 0.2) is 0 Å². The average molecular weight is 183 g/mol. The Hall–Kier alpha value is 0.540. The van der Waals surface area contributed by atoms with Gasteiger partial charge in [0.1, 0.15) is 0 Å². The first-order valence-electron chi connectivity index (χ1n) is 7.79. The van der Waals surface area contributed by atoms with Crippen LogP contribution in [0.3, 0.4) is 0 Å². The minimum absolute atomic E-state index is 3.46. The number of rotatable bonds is 4. The molecule has 0 aromatic carbocycles. The van der Waals surface area contributed by atoms with E-state index in [1.165, 1.54) is 0 Å². The van der Waals surface area contributed by atoms with Gasteiger partial charge in [0, 0.05) is 25.4 Å². The van der Waals surface area contributed by atoms with Crippen LogP contribution in [0.2, 0.25) is 0 Å². The van der Waals surface area contributed by atoms with Gasteiger partial charge in [0.2, 0.25) is 0 Å². The zero-order valence-corrected chi connectivity index (χ0v) is 5.68. The Morgan fingerprint density at radius 1 is 1.56 bits per heavy atom. The molecule has 0 saturated carbocycles. The molecule has 2 atom stereocenters. The molecule has 0 aliphatic rings. The molecular formula is C6H12Cl2O. The van der Waals surface area contributed by atoms with Crippen molar-refractivity contribution in [3.8, 4) is 0 Å². The minimum atomic E-state index is -3.75. The Bertz CT molecular complexity index is 311. The first-order chi connectivity index (χ1) is 8.71. The van der Waals surface area contributed by atoms with Crippen molar-refractivity contribution >= 4 is 23.2 Å². The van der Waals surface area contributed by atoms with E-state index in [4.69, 9.17) is 39.7 Å². The zero-order chi connectivity index (χ0) is 17.7. The van der Waals surface area contributed by atoms with E-state index in [9.17, 15) is 0 Å².